The number of imide groups is 1. The van der Waals surface area contributed by atoms with Crippen LogP contribution in [0.1, 0.15) is 24.5 Å². The fourth-order valence-corrected chi connectivity index (χ4v) is 3.40. The van der Waals surface area contributed by atoms with Crippen LogP contribution < -0.4 is 14.8 Å². The largest absolute Gasteiger partial charge is 0.493 e. The van der Waals surface area contributed by atoms with Gasteiger partial charge in [0, 0.05) is 23.2 Å². The number of urea groups is 1. The van der Waals surface area contributed by atoms with Gasteiger partial charge in [0.05, 0.1) is 12.0 Å². The molecule has 10 heteroatoms. The molecule has 2 aromatic rings. The summed E-state index contributed by atoms with van der Waals surface area (Å²) in [7, 11) is 1.49. The van der Waals surface area contributed by atoms with Gasteiger partial charge >= 0.3 is 6.03 Å². The molecule has 1 fully saturated rings. The number of carbonyl (C=O) groups excluding carboxylic acids is 2. The number of nitro groups is 1. The number of benzene rings is 2. The number of carbonyl (C=O) groups is 2. The number of hydrogen-bond acceptors (Lipinski definition) is 6. The molecule has 1 saturated heterocycles. The van der Waals surface area contributed by atoms with Gasteiger partial charge in [-0.3, -0.25) is 19.8 Å². The van der Waals surface area contributed by atoms with E-state index < -0.39 is 11.0 Å². The summed E-state index contributed by atoms with van der Waals surface area (Å²) in [5, 5.41) is 13.3. The fourth-order valence-electron chi connectivity index (χ4n) is 2.96. The van der Waals surface area contributed by atoms with Gasteiger partial charge in [0.25, 0.3) is 11.6 Å². The van der Waals surface area contributed by atoms with Crippen LogP contribution in [-0.2, 0) is 11.4 Å². The maximum absolute atomic E-state index is 12.4. The monoisotopic (exact) mass is 489 g/mol. The Hall–Kier alpha value is -3.40. The Bertz CT molecular complexity index is 1050. The summed E-state index contributed by atoms with van der Waals surface area (Å²) in [6.45, 7) is 2.42. The summed E-state index contributed by atoms with van der Waals surface area (Å²) >= 11 is 3.46. The summed E-state index contributed by atoms with van der Waals surface area (Å²) in [6.07, 6.45) is 2.24. The normalized spacial score (nSPS) is 14.7. The van der Waals surface area contributed by atoms with Gasteiger partial charge in [-0.2, -0.15) is 0 Å². The zero-order valence-electron chi connectivity index (χ0n) is 16.9. The third-order valence-electron chi connectivity index (χ3n) is 4.53. The first-order valence-corrected chi connectivity index (χ1v) is 10.2. The van der Waals surface area contributed by atoms with E-state index in [9.17, 15) is 19.7 Å². The second-order valence-electron chi connectivity index (χ2n) is 6.68. The van der Waals surface area contributed by atoms with Gasteiger partial charge < -0.3 is 14.8 Å². The minimum Gasteiger partial charge on any atom is -0.493 e. The van der Waals surface area contributed by atoms with E-state index >= 15 is 0 Å². The molecular weight excluding hydrogens is 470 g/mol. The zero-order chi connectivity index (χ0) is 22.5. The number of nitrogens with zero attached hydrogens (tertiary/aromatic N) is 2. The Morgan fingerprint density at radius 2 is 1.90 bits per heavy atom. The van der Waals surface area contributed by atoms with Crippen molar-refractivity contribution in [2.45, 2.75) is 20.0 Å². The highest BCUT2D eigenvalue weighted by Crippen LogP contribution is 2.35. The van der Waals surface area contributed by atoms with Gasteiger partial charge in [-0.05, 0) is 47.9 Å². The first-order chi connectivity index (χ1) is 14.8. The van der Waals surface area contributed by atoms with E-state index in [2.05, 4.69) is 21.2 Å². The Morgan fingerprint density at radius 3 is 2.52 bits per heavy atom. The van der Waals surface area contributed by atoms with Crippen LogP contribution in [0.2, 0.25) is 0 Å². The van der Waals surface area contributed by atoms with Crippen molar-refractivity contribution in [3.63, 3.8) is 0 Å². The fraction of sp³-hybridized carbons (Fsp3) is 0.238. The first-order valence-electron chi connectivity index (χ1n) is 9.42. The second-order valence-corrected chi connectivity index (χ2v) is 7.54. The van der Waals surface area contributed by atoms with E-state index in [0.29, 0.717) is 34.5 Å². The van der Waals surface area contributed by atoms with E-state index in [1.54, 1.807) is 30.3 Å². The summed E-state index contributed by atoms with van der Waals surface area (Å²) in [5.41, 5.74) is 1.57. The molecule has 2 aromatic carbocycles. The summed E-state index contributed by atoms with van der Waals surface area (Å²) in [4.78, 5) is 35.9. The highest BCUT2D eigenvalue weighted by atomic mass is 79.9. The van der Waals surface area contributed by atoms with Crippen molar-refractivity contribution < 1.29 is 24.0 Å². The third-order valence-corrected chi connectivity index (χ3v) is 5.22. The van der Waals surface area contributed by atoms with Gasteiger partial charge in [-0.25, -0.2) is 4.79 Å². The van der Waals surface area contributed by atoms with Crippen molar-refractivity contribution in [2.24, 2.45) is 0 Å². The molecule has 0 aromatic heterocycles. The van der Waals surface area contributed by atoms with Crippen molar-refractivity contribution >= 4 is 39.6 Å². The predicted octanol–water partition coefficient (Wildman–Crippen LogP) is 4.25. The minimum absolute atomic E-state index is 0.00696. The quantitative estimate of drug-likeness (QED) is 0.256. The number of rotatable bonds is 8. The van der Waals surface area contributed by atoms with E-state index in [0.717, 1.165) is 5.56 Å². The average molecular weight is 490 g/mol. The van der Waals surface area contributed by atoms with Gasteiger partial charge in [0.1, 0.15) is 12.3 Å². The lowest BCUT2D eigenvalue weighted by Crippen LogP contribution is -2.31. The van der Waals surface area contributed by atoms with E-state index in [1.165, 1.54) is 24.1 Å². The van der Waals surface area contributed by atoms with E-state index in [-0.39, 0.29) is 23.9 Å². The lowest BCUT2D eigenvalue weighted by Gasteiger charge is -2.13. The number of methoxy groups -OCH3 is 1. The molecule has 31 heavy (non-hydrogen) atoms. The predicted molar refractivity (Wildman–Crippen MR) is 117 cm³/mol. The molecule has 162 valence electrons. The molecule has 0 bridgehead atoms. The van der Waals surface area contributed by atoms with Crippen molar-refractivity contribution in [3.8, 4) is 11.5 Å². The van der Waals surface area contributed by atoms with Crippen molar-refractivity contribution in [2.75, 3.05) is 13.7 Å². The molecule has 0 saturated carbocycles. The molecule has 0 atom stereocenters. The molecule has 0 aliphatic carbocycles. The average Bonchev–Trinajstić information content (AvgIpc) is 3.01. The summed E-state index contributed by atoms with van der Waals surface area (Å²) in [5.74, 6) is 0.500. The van der Waals surface area contributed by atoms with Crippen LogP contribution in [0, 0.1) is 10.1 Å². The van der Waals surface area contributed by atoms with Crippen LogP contribution >= 0.6 is 15.9 Å². The molecular formula is C21H20BrN3O6. The van der Waals surface area contributed by atoms with E-state index in [4.69, 9.17) is 9.47 Å². The topological polar surface area (TPSA) is 111 Å². The molecule has 0 radical (unpaired) electrons. The molecule has 3 amide bonds. The van der Waals surface area contributed by atoms with Crippen molar-refractivity contribution in [3.05, 3.63) is 67.8 Å². The standard InChI is InChI=1S/C21H20BrN3O6/c1-3-8-24-20(26)17(23-21(24)27)9-14-10-18(30-2)19(11-16(14)22)31-12-13-4-6-15(7-5-13)25(28)29/h4-7,9-11H,3,8,12H2,1-2H3,(H,23,27)/b17-9+. The number of ether oxygens (including phenoxy) is 2. The molecule has 0 unspecified atom stereocenters. The molecule has 1 aliphatic rings. The third kappa shape index (κ3) is 5.02. The molecule has 0 spiro atoms. The molecule has 1 N–H and O–H groups in total. The maximum atomic E-state index is 12.4. The highest BCUT2D eigenvalue weighted by molar-refractivity contribution is 9.10. The first kappa shape index (κ1) is 22.3. The number of hydrogen-bond donors (Lipinski definition) is 1. The number of nitro benzene ring substituents is 1. The van der Waals surface area contributed by atoms with Gasteiger partial charge in [-0.15, -0.1) is 0 Å². The molecule has 1 heterocycles. The lowest BCUT2D eigenvalue weighted by molar-refractivity contribution is -0.384. The van der Waals surface area contributed by atoms with Crippen LogP contribution in [0.3, 0.4) is 0 Å². The lowest BCUT2D eigenvalue weighted by atomic mass is 10.1. The Morgan fingerprint density at radius 1 is 1.19 bits per heavy atom. The van der Waals surface area contributed by atoms with Crippen LogP contribution in [-0.4, -0.2) is 35.4 Å². The van der Waals surface area contributed by atoms with Gasteiger partial charge in [-0.1, -0.05) is 22.9 Å². The molecule has 1 aliphatic heterocycles. The molecule has 9 nitrogen and oxygen atoms in total. The number of nitrogens with one attached hydrogen (secondary N) is 1. The van der Waals surface area contributed by atoms with Crippen LogP contribution in [0.25, 0.3) is 6.08 Å². The number of non-ortho nitro benzene ring substituents is 1. The SMILES string of the molecule is CCCN1C(=O)N/C(=C/c2cc(OC)c(OCc3ccc([N+](=O)[O-])cc3)cc2Br)C1=O. The molecule has 3 rings (SSSR count). The highest BCUT2D eigenvalue weighted by Gasteiger charge is 2.32. The number of amides is 3. The smallest absolute Gasteiger partial charge is 0.329 e. The Labute approximate surface area is 186 Å². The summed E-state index contributed by atoms with van der Waals surface area (Å²) in [6, 6.07) is 9.01. The maximum Gasteiger partial charge on any atom is 0.329 e. The Balaban J connectivity index is 1.79. The van der Waals surface area contributed by atoms with Crippen LogP contribution in [0.5, 0.6) is 11.5 Å². The van der Waals surface area contributed by atoms with Crippen LogP contribution in [0.4, 0.5) is 10.5 Å². The second kappa shape index (κ2) is 9.61. The Kier molecular flexibility index (Phi) is 6.91. The minimum atomic E-state index is -0.461. The zero-order valence-corrected chi connectivity index (χ0v) is 18.5. The van der Waals surface area contributed by atoms with E-state index in [1.807, 2.05) is 6.92 Å². The van der Waals surface area contributed by atoms with Crippen LogP contribution in [0.15, 0.2) is 46.6 Å². The van der Waals surface area contributed by atoms with Gasteiger partial charge in [0.2, 0.25) is 0 Å². The van der Waals surface area contributed by atoms with Crippen molar-refractivity contribution in [1.29, 1.82) is 0 Å². The van der Waals surface area contributed by atoms with Gasteiger partial charge in [0.15, 0.2) is 11.5 Å². The summed E-state index contributed by atoms with van der Waals surface area (Å²) < 4.78 is 11.9. The van der Waals surface area contributed by atoms with Crippen molar-refractivity contribution in [1.82, 2.24) is 10.2 Å². The number of halogens is 1.